The molecule has 0 aromatic carbocycles. The lowest BCUT2D eigenvalue weighted by atomic mass is 10.4. The number of carbonyl (C=O) groups is 2. The molecule has 5 nitrogen and oxygen atoms in total. The SMILES string of the molecule is C1CCNC1.CNC(C)=O.CNC=O. The Labute approximate surface area is 85.6 Å². The number of hydrogen-bond donors (Lipinski definition) is 3. The fourth-order valence-corrected chi connectivity index (χ4v) is 0.625. The third-order valence-corrected chi connectivity index (χ3v) is 1.43. The van der Waals surface area contributed by atoms with Crippen molar-refractivity contribution < 1.29 is 9.59 Å². The van der Waals surface area contributed by atoms with Gasteiger partial charge in [0.05, 0.1) is 0 Å². The van der Waals surface area contributed by atoms with Gasteiger partial charge in [0.2, 0.25) is 12.3 Å². The largest absolute Gasteiger partial charge is 0.362 e. The van der Waals surface area contributed by atoms with Gasteiger partial charge in [-0.05, 0) is 25.9 Å². The molecule has 5 heteroatoms. The molecule has 1 fully saturated rings. The van der Waals surface area contributed by atoms with E-state index in [0.717, 1.165) is 0 Å². The average Bonchev–Trinajstić information content (AvgIpc) is 2.76. The van der Waals surface area contributed by atoms with E-state index in [-0.39, 0.29) is 5.91 Å². The number of rotatable bonds is 1. The van der Waals surface area contributed by atoms with Crippen LogP contribution in [0.3, 0.4) is 0 Å². The number of nitrogens with one attached hydrogen (secondary N) is 3. The Morgan fingerprint density at radius 2 is 1.64 bits per heavy atom. The molecule has 0 spiro atoms. The summed E-state index contributed by atoms with van der Waals surface area (Å²) in [5.41, 5.74) is 0. The summed E-state index contributed by atoms with van der Waals surface area (Å²) in [5.74, 6) is 0.00463. The first-order valence-electron chi connectivity index (χ1n) is 4.69. The molecule has 0 aromatic rings. The van der Waals surface area contributed by atoms with Crippen LogP contribution >= 0.6 is 0 Å². The maximum absolute atomic E-state index is 9.70. The van der Waals surface area contributed by atoms with E-state index in [4.69, 9.17) is 4.79 Å². The Kier molecular flexibility index (Phi) is 15.8. The molecule has 1 saturated heterocycles. The van der Waals surface area contributed by atoms with E-state index < -0.39 is 0 Å². The standard InChI is InChI=1S/C4H9N.C3H7NO.C2H5NO/c1-2-4-5-3-1;1-3(5)4-2;1-3-2-4/h5H,1-4H2;1-2H3,(H,4,5);2H,1H3,(H,3,4). The van der Waals surface area contributed by atoms with Gasteiger partial charge in [-0.2, -0.15) is 0 Å². The Balaban J connectivity index is 0. The topological polar surface area (TPSA) is 70.2 Å². The lowest BCUT2D eigenvalue weighted by molar-refractivity contribution is -0.118. The van der Waals surface area contributed by atoms with E-state index in [9.17, 15) is 4.79 Å². The normalized spacial score (nSPS) is 12.5. The smallest absolute Gasteiger partial charge is 0.216 e. The molecule has 1 rings (SSSR count). The van der Waals surface area contributed by atoms with Gasteiger partial charge in [0, 0.05) is 21.0 Å². The van der Waals surface area contributed by atoms with Gasteiger partial charge >= 0.3 is 0 Å². The van der Waals surface area contributed by atoms with Crippen molar-refractivity contribution in [3.63, 3.8) is 0 Å². The highest BCUT2D eigenvalue weighted by Gasteiger charge is 1.93. The summed E-state index contributed by atoms with van der Waals surface area (Å²) in [5, 5.41) is 7.86. The molecule has 0 unspecified atom stereocenters. The third kappa shape index (κ3) is 22.4. The maximum atomic E-state index is 9.70. The quantitative estimate of drug-likeness (QED) is 0.502. The minimum Gasteiger partial charge on any atom is -0.362 e. The summed E-state index contributed by atoms with van der Waals surface area (Å²) >= 11 is 0. The van der Waals surface area contributed by atoms with E-state index >= 15 is 0 Å². The van der Waals surface area contributed by atoms with Crippen LogP contribution in [0.1, 0.15) is 19.8 Å². The van der Waals surface area contributed by atoms with Crippen molar-refractivity contribution in [3.05, 3.63) is 0 Å². The molecule has 3 N–H and O–H groups in total. The molecular formula is C9H21N3O2. The van der Waals surface area contributed by atoms with Crippen LogP contribution in [-0.4, -0.2) is 39.5 Å². The van der Waals surface area contributed by atoms with Crippen molar-refractivity contribution in [1.82, 2.24) is 16.0 Å². The molecule has 1 aliphatic heterocycles. The van der Waals surface area contributed by atoms with Crippen molar-refractivity contribution in [2.24, 2.45) is 0 Å². The highest BCUT2D eigenvalue weighted by Crippen LogP contribution is 1.90. The molecule has 84 valence electrons. The second kappa shape index (κ2) is 14.4. The number of amides is 2. The fourth-order valence-electron chi connectivity index (χ4n) is 0.625. The van der Waals surface area contributed by atoms with Crippen LogP contribution in [-0.2, 0) is 9.59 Å². The van der Waals surface area contributed by atoms with Crippen molar-refractivity contribution >= 4 is 12.3 Å². The monoisotopic (exact) mass is 203 g/mol. The minimum atomic E-state index is 0.00463. The Morgan fingerprint density at radius 1 is 1.29 bits per heavy atom. The van der Waals surface area contributed by atoms with E-state index in [1.807, 2.05) is 0 Å². The van der Waals surface area contributed by atoms with E-state index in [0.29, 0.717) is 6.41 Å². The summed E-state index contributed by atoms with van der Waals surface area (Å²) in [6.45, 7) is 3.97. The van der Waals surface area contributed by atoms with Crippen LogP contribution in [0.25, 0.3) is 0 Å². The molecular weight excluding hydrogens is 182 g/mol. The van der Waals surface area contributed by atoms with Gasteiger partial charge in [-0.3, -0.25) is 9.59 Å². The second-order valence-corrected chi connectivity index (χ2v) is 2.67. The van der Waals surface area contributed by atoms with Gasteiger partial charge < -0.3 is 16.0 Å². The molecule has 1 heterocycles. The van der Waals surface area contributed by atoms with Crippen LogP contribution in [0.2, 0.25) is 0 Å². The van der Waals surface area contributed by atoms with Crippen LogP contribution in [0.5, 0.6) is 0 Å². The van der Waals surface area contributed by atoms with Crippen LogP contribution in [0.4, 0.5) is 0 Å². The zero-order valence-electron chi connectivity index (χ0n) is 9.22. The minimum absolute atomic E-state index is 0.00463. The summed E-state index contributed by atoms with van der Waals surface area (Å²) in [6, 6.07) is 0. The van der Waals surface area contributed by atoms with Crippen molar-refractivity contribution in [2.75, 3.05) is 27.2 Å². The highest BCUT2D eigenvalue weighted by molar-refractivity contribution is 5.72. The van der Waals surface area contributed by atoms with Crippen molar-refractivity contribution in [2.45, 2.75) is 19.8 Å². The second-order valence-electron chi connectivity index (χ2n) is 2.67. The van der Waals surface area contributed by atoms with Gasteiger partial charge in [0.15, 0.2) is 0 Å². The fraction of sp³-hybridized carbons (Fsp3) is 0.778. The van der Waals surface area contributed by atoms with Gasteiger partial charge in [-0.25, -0.2) is 0 Å². The molecule has 0 atom stereocenters. The summed E-state index contributed by atoms with van der Waals surface area (Å²) in [4.78, 5) is 18.8. The molecule has 14 heavy (non-hydrogen) atoms. The summed E-state index contributed by atoms with van der Waals surface area (Å²) in [7, 11) is 3.16. The first-order chi connectivity index (χ1) is 6.68. The zero-order chi connectivity index (χ0) is 11.2. The molecule has 2 amide bonds. The number of hydrogen-bond acceptors (Lipinski definition) is 3. The Bertz CT molecular complexity index is 128. The zero-order valence-corrected chi connectivity index (χ0v) is 9.22. The molecule has 0 saturated carbocycles. The van der Waals surface area contributed by atoms with Gasteiger partial charge in [0.25, 0.3) is 0 Å². The predicted molar refractivity (Wildman–Crippen MR) is 57.0 cm³/mol. The lowest BCUT2D eigenvalue weighted by Gasteiger charge is -1.80. The van der Waals surface area contributed by atoms with Gasteiger partial charge in [-0.15, -0.1) is 0 Å². The van der Waals surface area contributed by atoms with E-state index in [1.54, 1.807) is 14.1 Å². The van der Waals surface area contributed by atoms with E-state index in [2.05, 4.69) is 16.0 Å². The van der Waals surface area contributed by atoms with Crippen molar-refractivity contribution in [1.29, 1.82) is 0 Å². The summed E-state index contributed by atoms with van der Waals surface area (Å²) in [6.07, 6.45) is 3.40. The van der Waals surface area contributed by atoms with Gasteiger partial charge in [0.1, 0.15) is 0 Å². The third-order valence-electron chi connectivity index (χ3n) is 1.43. The van der Waals surface area contributed by atoms with Crippen LogP contribution < -0.4 is 16.0 Å². The van der Waals surface area contributed by atoms with Crippen LogP contribution in [0.15, 0.2) is 0 Å². The molecule has 0 aromatic heterocycles. The number of carbonyl (C=O) groups excluding carboxylic acids is 2. The Hall–Kier alpha value is -1.10. The summed E-state index contributed by atoms with van der Waals surface area (Å²) < 4.78 is 0. The molecule has 0 bridgehead atoms. The molecule has 0 radical (unpaired) electrons. The molecule has 1 aliphatic rings. The lowest BCUT2D eigenvalue weighted by Crippen LogP contribution is -2.11. The Morgan fingerprint density at radius 3 is 1.71 bits per heavy atom. The predicted octanol–water partition coefficient (Wildman–Crippen LogP) is -0.516. The average molecular weight is 203 g/mol. The van der Waals surface area contributed by atoms with Gasteiger partial charge in [-0.1, -0.05) is 0 Å². The van der Waals surface area contributed by atoms with E-state index in [1.165, 1.54) is 32.9 Å². The molecule has 0 aliphatic carbocycles. The first kappa shape index (κ1) is 15.4. The first-order valence-corrected chi connectivity index (χ1v) is 4.69. The van der Waals surface area contributed by atoms with Crippen molar-refractivity contribution in [3.8, 4) is 0 Å². The highest BCUT2D eigenvalue weighted by atomic mass is 16.1. The van der Waals surface area contributed by atoms with Crippen LogP contribution in [0, 0.1) is 0 Å². The maximum Gasteiger partial charge on any atom is 0.216 e.